The van der Waals surface area contributed by atoms with Crippen LogP contribution in [0, 0.1) is 11.3 Å². The fraction of sp³-hybridized carbons (Fsp3) is 0.529. The topological polar surface area (TPSA) is 125 Å². The van der Waals surface area contributed by atoms with Crippen molar-refractivity contribution in [3.8, 4) is 6.07 Å². The summed E-state index contributed by atoms with van der Waals surface area (Å²) in [6.07, 6.45) is 1.27. The number of nitrogens with two attached hydrogens (primary N) is 1. The third-order valence-electron chi connectivity index (χ3n) is 3.75. The van der Waals surface area contributed by atoms with E-state index in [0.29, 0.717) is 24.2 Å². The number of hydrogen-bond donors (Lipinski definition) is 1. The van der Waals surface area contributed by atoms with Gasteiger partial charge in [-0.3, -0.25) is 0 Å². The lowest BCUT2D eigenvalue weighted by Gasteiger charge is -2.25. The number of carbonyl (C=O) groups is 1. The predicted octanol–water partition coefficient (Wildman–Crippen LogP) is 2.10. The molecule has 2 aromatic rings. The molecule has 2 heterocycles. The molecule has 26 heavy (non-hydrogen) atoms. The van der Waals surface area contributed by atoms with Crippen LogP contribution >= 0.6 is 0 Å². The van der Waals surface area contributed by atoms with E-state index in [1.807, 2.05) is 12.1 Å². The van der Waals surface area contributed by atoms with Crippen LogP contribution in [0.1, 0.15) is 32.9 Å². The van der Waals surface area contributed by atoms with Gasteiger partial charge in [-0.25, -0.2) is 14.3 Å². The number of anilines is 1. The van der Waals surface area contributed by atoms with Crippen LogP contribution in [0.15, 0.2) is 18.5 Å². The SMILES string of the molecule is COC(C#N)(CCc1ccc2c(N)ncnn12)COC(=O)OC(C)(C)C. The maximum atomic E-state index is 11.7. The van der Waals surface area contributed by atoms with Crippen molar-refractivity contribution in [2.24, 2.45) is 0 Å². The van der Waals surface area contributed by atoms with Crippen LogP contribution in [0.25, 0.3) is 5.52 Å². The molecular formula is C17H23N5O4. The average Bonchev–Trinajstić information content (AvgIpc) is 2.99. The van der Waals surface area contributed by atoms with Gasteiger partial charge in [-0.15, -0.1) is 0 Å². The molecule has 0 aliphatic rings. The highest BCUT2D eigenvalue weighted by atomic mass is 16.7. The molecule has 0 fully saturated rings. The molecular weight excluding hydrogens is 338 g/mol. The summed E-state index contributed by atoms with van der Waals surface area (Å²) in [6.45, 7) is 4.95. The fourth-order valence-electron chi connectivity index (χ4n) is 2.35. The maximum Gasteiger partial charge on any atom is 0.508 e. The van der Waals surface area contributed by atoms with Crippen molar-refractivity contribution in [3.63, 3.8) is 0 Å². The molecule has 0 aromatic carbocycles. The molecule has 2 rings (SSSR count). The van der Waals surface area contributed by atoms with E-state index < -0.39 is 17.4 Å². The van der Waals surface area contributed by atoms with Gasteiger partial charge in [0.25, 0.3) is 0 Å². The minimum Gasteiger partial charge on any atom is -0.430 e. The number of aryl methyl sites for hydroxylation is 1. The molecule has 0 saturated carbocycles. The minimum atomic E-state index is -1.29. The van der Waals surface area contributed by atoms with Crippen molar-refractivity contribution in [1.29, 1.82) is 5.26 Å². The van der Waals surface area contributed by atoms with Crippen LogP contribution in [0.2, 0.25) is 0 Å². The van der Waals surface area contributed by atoms with Gasteiger partial charge < -0.3 is 19.9 Å². The molecule has 1 unspecified atom stereocenters. The molecule has 0 aliphatic heterocycles. The number of nitrogen functional groups attached to an aromatic ring is 1. The van der Waals surface area contributed by atoms with Crippen LogP contribution in [-0.2, 0) is 20.6 Å². The molecule has 0 aliphatic carbocycles. The summed E-state index contributed by atoms with van der Waals surface area (Å²) in [7, 11) is 1.40. The zero-order valence-electron chi connectivity index (χ0n) is 15.4. The summed E-state index contributed by atoms with van der Waals surface area (Å²) in [5.74, 6) is 0.373. The Labute approximate surface area is 151 Å². The zero-order chi connectivity index (χ0) is 19.4. The second-order valence-electron chi connectivity index (χ2n) is 6.83. The summed E-state index contributed by atoms with van der Waals surface area (Å²) in [5.41, 5.74) is 5.37. The van der Waals surface area contributed by atoms with Gasteiger partial charge >= 0.3 is 6.16 Å². The minimum absolute atomic E-state index is 0.241. The Morgan fingerprint density at radius 2 is 2.12 bits per heavy atom. The number of nitriles is 1. The van der Waals surface area contributed by atoms with Crippen molar-refractivity contribution in [2.75, 3.05) is 19.5 Å². The number of fused-ring (bicyclic) bond motifs is 1. The van der Waals surface area contributed by atoms with E-state index >= 15 is 0 Å². The summed E-state index contributed by atoms with van der Waals surface area (Å²) in [5, 5.41) is 13.7. The lowest BCUT2D eigenvalue weighted by molar-refractivity contribution is -0.0572. The van der Waals surface area contributed by atoms with E-state index in [1.54, 1.807) is 25.3 Å². The quantitative estimate of drug-likeness (QED) is 0.776. The van der Waals surface area contributed by atoms with Crippen molar-refractivity contribution in [2.45, 2.75) is 44.8 Å². The summed E-state index contributed by atoms with van der Waals surface area (Å²) in [4.78, 5) is 15.7. The van der Waals surface area contributed by atoms with Crippen LogP contribution in [0.4, 0.5) is 10.6 Å². The number of methoxy groups -OCH3 is 1. The Balaban J connectivity index is 2.06. The number of nitrogens with zero attached hydrogens (tertiary/aromatic N) is 4. The highest BCUT2D eigenvalue weighted by Crippen LogP contribution is 2.21. The zero-order valence-corrected chi connectivity index (χ0v) is 15.4. The molecule has 0 amide bonds. The molecule has 2 aromatic heterocycles. The Morgan fingerprint density at radius 1 is 1.38 bits per heavy atom. The van der Waals surface area contributed by atoms with E-state index in [9.17, 15) is 10.1 Å². The average molecular weight is 361 g/mol. The smallest absolute Gasteiger partial charge is 0.430 e. The molecule has 0 bridgehead atoms. The monoisotopic (exact) mass is 361 g/mol. The van der Waals surface area contributed by atoms with Gasteiger partial charge in [0, 0.05) is 12.8 Å². The number of rotatable bonds is 6. The molecule has 2 N–H and O–H groups in total. The molecule has 0 saturated heterocycles. The van der Waals surface area contributed by atoms with Gasteiger partial charge in [0.2, 0.25) is 0 Å². The third-order valence-corrected chi connectivity index (χ3v) is 3.75. The van der Waals surface area contributed by atoms with E-state index in [2.05, 4.69) is 16.2 Å². The van der Waals surface area contributed by atoms with E-state index in [4.69, 9.17) is 19.9 Å². The number of aromatic nitrogens is 3. The molecule has 0 spiro atoms. The summed E-state index contributed by atoms with van der Waals surface area (Å²) in [6, 6.07) is 5.75. The first-order valence-corrected chi connectivity index (χ1v) is 8.09. The standard InChI is InChI=1S/C17H23N5O4/c1-16(2,3)26-15(23)25-10-17(9-18,24-4)8-7-12-5-6-13-14(19)20-11-21-22(12)13/h5-6,11H,7-8,10H2,1-4H3,(H2,19,20,21). The highest BCUT2D eigenvalue weighted by Gasteiger charge is 2.33. The molecule has 0 radical (unpaired) electrons. The van der Waals surface area contributed by atoms with Crippen molar-refractivity contribution < 1.29 is 19.0 Å². The lowest BCUT2D eigenvalue weighted by atomic mass is 9.99. The Morgan fingerprint density at radius 3 is 2.73 bits per heavy atom. The van der Waals surface area contributed by atoms with Gasteiger partial charge in [-0.2, -0.15) is 10.4 Å². The Kier molecular flexibility index (Phi) is 5.67. The summed E-state index contributed by atoms with van der Waals surface area (Å²) >= 11 is 0. The first-order chi connectivity index (χ1) is 12.2. The van der Waals surface area contributed by atoms with Crippen LogP contribution in [-0.4, -0.2) is 45.7 Å². The van der Waals surface area contributed by atoms with Crippen molar-refractivity contribution in [1.82, 2.24) is 14.6 Å². The largest absolute Gasteiger partial charge is 0.508 e. The van der Waals surface area contributed by atoms with Crippen LogP contribution in [0.5, 0.6) is 0 Å². The molecule has 9 nitrogen and oxygen atoms in total. The van der Waals surface area contributed by atoms with E-state index in [-0.39, 0.29) is 6.61 Å². The van der Waals surface area contributed by atoms with Crippen molar-refractivity contribution >= 4 is 17.5 Å². The van der Waals surface area contributed by atoms with Crippen LogP contribution < -0.4 is 5.73 Å². The number of hydrogen-bond acceptors (Lipinski definition) is 8. The lowest BCUT2D eigenvalue weighted by Crippen LogP contribution is -2.38. The van der Waals surface area contributed by atoms with E-state index in [0.717, 1.165) is 5.69 Å². The fourth-order valence-corrected chi connectivity index (χ4v) is 2.35. The molecule has 140 valence electrons. The Bertz CT molecular complexity index is 821. The molecule has 1 atom stereocenters. The second-order valence-corrected chi connectivity index (χ2v) is 6.83. The first kappa shape index (κ1) is 19.5. The highest BCUT2D eigenvalue weighted by molar-refractivity contribution is 5.65. The van der Waals surface area contributed by atoms with Gasteiger partial charge in [-0.1, -0.05) is 0 Å². The number of ether oxygens (including phenoxy) is 3. The van der Waals surface area contributed by atoms with Crippen molar-refractivity contribution in [3.05, 3.63) is 24.2 Å². The second kappa shape index (κ2) is 7.58. The van der Waals surface area contributed by atoms with Gasteiger partial charge in [0.1, 0.15) is 30.1 Å². The predicted molar refractivity (Wildman–Crippen MR) is 93.3 cm³/mol. The van der Waals surface area contributed by atoms with Gasteiger partial charge in [-0.05, 0) is 45.7 Å². The van der Waals surface area contributed by atoms with Gasteiger partial charge in [0.05, 0.1) is 0 Å². The number of carbonyl (C=O) groups excluding carboxylic acids is 1. The maximum absolute atomic E-state index is 11.7. The summed E-state index contributed by atoms with van der Waals surface area (Å²) < 4.78 is 17.2. The van der Waals surface area contributed by atoms with Gasteiger partial charge in [0.15, 0.2) is 11.4 Å². The van der Waals surface area contributed by atoms with Crippen LogP contribution in [0.3, 0.4) is 0 Å². The molecule has 9 heteroatoms. The first-order valence-electron chi connectivity index (χ1n) is 8.09. The third kappa shape index (κ3) is 4.61. The normalized spacial score (nSPS) is 13.8. The Hall–Kier alpha value is -2.86. The van der Waals surface area contributed by atoms with E-state index in [1.165, 1.54) is 13.4 Å².